The molecule has 0 saturated heterocycles. The van der Waals surface area contributed by atoms with Crippen LogP contribution in [-0.2, 0) is 10.1 Å². The van der Waals surface area contributed by atoms with Crippen molar-refractivity contribution in [3.8, 4) is 0 Å². The summed E-state index contributed by atoms with van der Waals surface area (Å²) in [6, 6.07) is 9.61. The number of aliphatic hydroxyl groups excluding tert-OH is 1. The highest BCUT2D eigenvalue weighted by atomic mass is 79.9. The standard InChI is InChI=1S/C26H26BrN5O5S/c1-32(2,3)12-18(17-11-30-20-10-14(27)4-5-15(17)20)22-16-6-8-28-19-7-9-29-24(23(16)19)25(26(22)34)31-21(33)13-38(35,36)37/h4-11,18,30H,12-13H2,1-3H3,(H3-,28,29,31,33,34,35,36,37)/p+1/t18-/m1/s1. The number of fused-ring (bicyclic) bond motifs is 1. The number of hydrogen-bond donors (Lipinski definition) is 5. The number of aliphatic hydroxyl groups is 1. The first-order valence-electron chi connectivity index (χ1n) is 11.8. The van der Waals surface area contributed by atoms with Gasteiger partial charge in [0.05, 0.1) is 33.6 Å². The number of quaternary nitrogens is 1. The van der Waals surface area contributed by atoms with Crippen molar-refractivity contribution in [1.82, 2.24) is 15.0 Å². The van der Waals surface area contributed by atoms with E-state index in [1.54, 1.807) is 12.4 Å². The van der Waals surface area contributed by atoms with Crippen LogP contribution in [0.3, 0.4) is 0 Å². The molecule has 0 amide bonds. The second-order valence-corrected chi connectivity index (χ2v) is 12.7. The van der Waals surface area contributed by atoms with E-state index < -0.39 is 27.2 Å². The quantitative estimate of drug-likeness (QED) is 0.0838. The van der Waals surface area contributed by atoms with E-state index in [1.165, 1.54) is 0 Å². The van der Waals surface area contributed by atoms with Crippen LogP contribution in [0.1, 0.15) is 17.0 Å². The van der Waals surface area contributed by atoms with Gasteiger partial charge in [0.2, 0.25) is 0 Å². The predicted octanol–water partition coefficient (Wildman–Crippen LogP) is 2.31. The van der Waals surface area contributed by atoms with Gasteiger partial charge in [0.1, 0.15) is 15.6 Å². The van der Waals surface area contributed by atoms with Gasteiger partial charge in [-0.05, 0) is 35.2 Å². The smallest absolute Gasteiger partial charge is 0.352 e. The highest BCUT2D eigenvalue weighted by molar-refractivity contribution is 9.10. The maximum Gasteiger partial charge on any atom is 0.352 e. The third-order valence-corrected chi connectivity index (χ3v) is 7.60. The van der Waals surface area contributed by atoms with Crippen LogP contribution in [-0.4, -0.2) is 76.9 Å². The van der Waals surface area contributed by atoms with E-state index in [4.69, 9.17) is 0 Å². The molecule has 3 heterocycles. The summed E-state index contributed by atoms with van der Waals surface area (Å²) in [7, 11) is 1.36. The molecule has 0 fully saturated rings. The van der Waals surface area contributed by atoms with Gasteiger partial charge in [0.15, 0.2) is 5.75 Å². The molecule has 198 valence electrons. The number of benzene rings is 2. The lowest BCUT2D eigenvalue weighted by molar-refractivity contribution is -0.871. The Hall–Kier alpha value is -3.45. The molecular weight excluding hydrogens is 574 g/mol. The Labute approximate surface area is 226 Å². The summed E-state index contributed by atoms with van der Waals surface area (Å²) < 4.78 is 35.3. The fourth-order valence-electron chi connectivity index (χ4n) is 5.10. The van der Waals surface area contributed by atoms with Gasteiger partial charge < -0.3 is 29.1 Å². The first-order valence-corrected chi connectivity index (χ1v) is 14.2. The van der Waals surface area contributed by atoms with Crippen LogP contribution < -0.4 is 10.4 Å². The molecule has 0 aliphatic heterocycles. The minimum atomic E-state index is -4.78. The number of nitrogens with zero attached hydrogens (tertiary/aromatic N) is 1. The molecule has 0 unspecified atom stereocenters. The highest BCUT2D eigenvalue weighted by Gasteiger charge is 2.32. The van der Waals surface area contributed by atoms with E-state index in [9.17, 15) is 22.9 Å². The molecule has 0 saturated carbocycles. The lowest BCUT2D eigenvalue weighted by atomic mass is 9.85. The lowest BCUT2D eigenvalue weighted by Gasteiger charge is -2.30. The summed E-state index contributed by atoms with van der Waals surface area (Å²) in [5.41, 5.74) is 3.02. The fraction of sp³-hybridized carbons (Fsp3) is 0.231. The minimum Gasteiger partial charge on any atom is -0.747 e. The maximum absolute atomic E-state index is 14.3. The Kier molecular flexibility index (Phi) is 6.46. The highest BCUT2D eigenvalue weighted by Crippen LogP contribution is 2.37. The molecular formula is C26H27BrN5O5S+. The van der Waals surface area contributed by atoms with Gasteiger partial charge in [-0.1, -0.05) is 22.0 Å². The van der Waals surface area contributed by atoms with Gasteiger partial charge in [-0.15, -0.1) is 0 Å². The van der Waals surface area contributed by atoms with Crippen molar-refractivity contribution >= 4 is 70.3 Å². The number of pyridine rings is 2. The molecule has 0 radical (unpaired) electrons. The zero-order chi connectivity index (χ0) is 27.4. The number of rotatable bonds is 7. The van der Waals surface area contributed by atoms with Crippen LogP contribution in [0.5, 0.6) is 0 Å². The first kappa shape index (κ1) is 26.2. The van der Waals surface area contributed by atoms with Crippen molar-refractivity contribution in [1.29, 1.82) is 0 Å². The maximum atomic E-state index is 14.3. The molecule has 0 bridgehead atoms. The number of halogens is 1. The molecule has 3 aromatic heterocycles. The molecule has 1 atom stereocenters. The molecule has 0 aliphatic carbocycles. The third kappa shape index (κ3) is 4.99. The van der Waals surface area contributed by atoms with Gasteiger partial charge in [-0.25, -0.2) is 8.42 Å². The number of hydrogen-bond acceptors (Lipinski definition) is 4. The van der Waals surface area contributed by atoms with Crippen LogP contribution in [0.25, 0.3) is 32.7 Å². The van der Waals surface area contributed by atoms with Gasteiger partial charge in [-0.3, -0.25) is 4.79 Å². The molecule has 2 aromatic carbocycles. The van der Waals surface area contributed by atoms with Gasteiger partial charge in [0, 0.05) is 50.4 Å². The fourth-order valence-corrected chi connectivity index (χ4v) is 5.87. The summed E-state index contributed by atoms with van der Waals surface area (Å²) in [6.45, 7) is 0.563. The zero-order valence-electron chi connectivity index (χ0n) is 20.9. The normalized spacial score (nSPS) is 14.1. The third-order valence-electron chi connectivity index (χ3n) is 6.48. The Morgan fingerprint density at radius 1 is 1.08 bits per heavy atom. The number of likely N-dealkylation sites (N-methyl/N-ethyl adjacent to an activating group) is 1. The van der Waals surface area contributed by atoms with Crippen LogP contribution >= 0.6 is 15.9 Å². The average Bonchev–Trinajstić information content (AvgIpc) is 3.22. The largest absolute Gasteiger partial charge is 0.747 e. The van der Waals surface area contributed by atoms with Crippen molar-refractivity contribution < 1.29 is 27.6 Å². The van der Waals surface area contributed by atoms with Crippen LogP contribution in [0.4, 0.5) is 5.69 Å². The molecule has 0 aliphatic rings. The number of nitrogens with one attached hydrogen (secondary N) is 4. The number of H-pyrrole nitrogens is 3. The summed E-state index contributed by atoms with van der Waals surface area (Å²) in [5.74, 6) is -2.36. The van der Waals surface area contributed by atoms with E-state index in [2.05, 4.69) is 35.9 Å². The zero-order valence-corrected chi connectivity index (χ0v) is 23.3. The molecule has 38 heavy (non-hydrogen) atoms. The number of aromatic nitrogens is 3. The lowest BCUT2D eigenvalue weighted by Crippen LogP contribution is -2.70. The summed E-state index contributed by atoms with van der Waals surface area (Å²) in [5, 5.41) is 12.7. The summed E-state index contributed by atoms with van der Waals surface area (Å²) in [4.78, 5) is 26.4. The van der Waals surface area contributed by atoms with E-state index in [1.807, 2.05) is 57.7 Å². The van der Waals surface area contributed by atoms with Gasteiger partial charge in [-0.2, -0.15) is 4.99 Å². The van der Waals surface area contributed by atoms with Crippen molar-refractivity contribution in [3.63, 3.8) is 0 Å². The van der Waals surface area contributed by atoms with Crippen molar-refractivity contribution in [2.45, 2.75) is 5.92 Å². The second-order valence-electron chi connectivity index (χ2n) is 10.4. The molecule has 5 N–H and O–H groups in total. The minimum absolute atomic E-state index is 0.0344. The summed E-state index contributed by atoms with van der Waals surface area (Å²) in [6.07, 6.45) is 5.33. The van der Waals surface area contributed by atoms with Crippen molar-refractivity contribution in [2.24, 2.45) is 0 Å². The Balaban J connectivity index is 1.89. The van der Waals surface area contributed by atoms with Gasteiger partial charge >= 0.3 is 5.90 Å². The molecule has 12 heteroatoms. The Morgan fingerprint density at radius 3 is 2.53 bits per heavy atom. The average molecular weight is 602 g/mol. The van der Waals surface area contributed by atoms with Crippen molar-refractivity contribution in [2.75, 3.05) is 33.4 Å². The topological polar surface area (TPSA) is 156 Å². The van der Waals surface area contributed by atoms with Crippen LogP contribution in [0.15, 0.2) is 58.2 Å². The van der Waals surface area contributed by atoms with Crippen LogP contribution in [0.2, 0.25) is 0 Å². The monoisotopic (exact) mass is 600 g/mol. The summed E-state index contributed by atoms with van der Waals surface area (Å²) >= 11 is 3.51. The van der Waals surface area contributed by atoms with E-state index in [0.29, 0.717) is 27.5 Å². The molecule has 0 spiro atoms. The SMILES string of the molecule is C[N+](C)(C)C[C@H](c1c[nH]c2cc(Br)ccc12)c1c(=O)c([NH+]=C(O)CS(=O)(=O)[O-])c2[nH]ccc3[nH]ccc1c32. The van der Waals surface area contributed by atoms with Crippen LogP contribution in [0, 0.1) is 0 Å². The Morgan fingerprint density at radius 2 is 1.82 bits per heavy atom. The van der Waals surface area contributed by atoms with Gasteiger partial charge in [0.25, 0.3) is 11.1 Å². The Bertz CT molecular complexity index is 1890. The predicted molar refractivity (Wildman–Crippen MR) is 150 cm³/mol. The number of aromatic amines is 3. The second kappa shape index (κ2) is 9.38. The van der Waals surface area contributed by atoms with Crippen molar-refractivity contribution in [3.05, 3.63) is 74.7 Å². The van der Waals surface area contributed by atoms with E-state index >= 15 is 0 Å². The first-order chi connectivity index (χ1) is 17.8. The molecule has 10 nitrogen and oxygen atoms in total. The molecule has 5 rings (SSSR count). The van der Waals surface area contributed by atoms with E-state index in [0.717, 1.165) is 31.8 Å². The molecule has 5 aromatic rings. The van der Waals surface area contributed by atoms with E-state index in [-0.39, 0.29) is 11.6 Å².